The minimum Gasteiger partial charge on any atom is -0.478 e. The van der Waals surface area contributed by atoms with E-state index in [4.69, 9.17) is 10.2 Å². The van der Waals surface area contributed by atoms with E-state index in [0.29, 0.717) is 0 Å². The van der Waals surface area contributed by atoms with E-state index in [0.717, 1.165) is 0 Å². The molecule has 0 unspecified atom stereocenters. The van der Waals surface area contributed by atoms with Crippen LogP contribution in [0.25, 0.3) is 0 Å². The summed E-state index contributed by atoms with van der Waals surface area (Å²) in [6.07, 6.45) is -0.431. The predicted molar refractivity (Wildman–Crippen MR) is 43.8 cm³/mol. The van der Waals surface area contributed by atoms with Crippen LogP contribution >= 0.6 is 0 Å². The largest absolute Gasteiger partial charge is 0.478 e. The Morgan fingerprint density at radius 2 is 1.92 bits per heavy atom. The molecule has 0 heterocycles. The van der Waals surface area contributed by atoms with Crippen LogP contribution in [0.3, 0.4) is 0 Å². The van der Waals surface area contributed by atoms with Gasteiger partial charge in [0.05, 0.1) is 6.42 Å². The zero-order valence-electron chi connectivity index (χ0n) is 7.53. The van der Waals surface area contributed by atoms with Crippen molar-refractivity contribution in [3.63, 3.8) is 0 Å². The van der Waals surface area contributed by atoms with Gasteiger partial charge in [-0.05, 0) is 0 Å². The molecule has 0 bridgehead atoms. The van der Waals surface area contributed by atoms with E-state index in [9.17, 15) is 9.59 Å². The van der Waals surface area contributed by atoms with Crippen LogP contribution < -0.4 is 0 Å². The Bertz CT molecular complexity index is 235. The predicted octanol–water partition coefficient (Wildman–Crippen LogP) is 0.289. The third-order valence-electron chi connectivity index (χ3n) is 1.02. The van der Waals surface area contributed by atoms with Crippen LogP contribution in [0.1, 0.15) is 20.3 Å². The summed E-state index contributed by atoms with van der Waals surface area (Å²) < 4.78 is 4.45. The van der Waals surface area contributed by atoms with Gasteiger partial charge in [0.2, 0.25) is 5.79 Å². The molecule has 0 radical (unpaired) electrons. The number of esters is 1. The van der Waals surface area contributed by atoms with Gasteiger partial charge in [-0.2, -0.15) is 0 Å². The summed E-state index contributed by atoms with van der Waals surface area (Å²) >= 11 is 0. The maximum absolute atomic E-state index is 10.9. The molecule has 0 aliphatic rings. The van der Waals surface area contributed by atoms with Crippen molar-refractivity contribution >= 4 is 11.9 Å². The summed E-state index contributed by atoms with van der Waals surface area (Å²) in [6, 6.07) is 0. The lowest BCUT2D eigenvalue weighted by Crippen LogP contribution is -2.27. The van der Waals surface area contributed by atoms with E-state index in [1.54, 1.807) is 0 Å². The Kier molecular flexibility index (Phi) is 3.62. The number of hydrogen-bond donors (Lipinski definition) is 2. The highest BCUT2D eigenvalue weighted by atomic mass is 16.7. The van der Waals surface area contributed by atoms with Crippen LogP contribution in [0.15, 0.2) is 12.2 Å². The van der Waals surface area contributed by atoms with Crippen molar-refractivity contribution in [2.45, 2.75) is 26.1 Å². The zero-order valence-corrected chi connectivity index (χ0v) is 7.53. The number of carbonyl (C=O) groups excluding carboxylic acids is 1. The highest BCUT2D eigenvalue weighted by Gasteiger charge is 2.20. The molecule has 2 N–H and O–H groups in total. The molecule has 13 heavy (non-hydrogen) atoms. The number of carboxylic acid groups (broad SMARTS) is 1. The van der Waals surface area contributed by atoms with Gasteiger partial charge in [-0.3, -0.25) is 4.79 Å². The maximum atomic E-state index is 10.9. The van der Waals surface area contributed by atoms with Gasteiger partial charge in [-0.15, -0.1) is 0 Å². The third kappa shape index (κ3) is 5.86. The molecule has 0 aliphatic carbocycles. The summed E-state index contributed by atoms with van der Waals surface area (Å²) in [5.41, 5.74) is -0.269. The topological polar surface area (TPSA) is 83.8 Å². The Morgan fingerprint density at radius 1 is 1.46 bits per heavy atom. The fourth-order valence-electron chi connectivity index (χ4n) is 0.565. The smallest absolute Gasteiger partial charge is 0.331 e. The Morgan fingerprint density at radius 3 is 2.23 bits per heavy atom. The number of aliphatic carboxylic acids is 1. The fourth-order valence-corrected chi connectivity index (χ4v) is 0.565. The normalized spacial score (nSPS) is 10.7. The average Bonchev–Trinajstić information content (AvgIpc) is 1.81. The summed E-state index contributed by atoms with van der Waals surface area (Å²) in [6.45, 7) is 5.69. The molecule has 0 atom stereocenters. The van der Waals surface area contributed by atoms with Crippen molar-refractivity contribution < 1.29 is 24.5 Å². The van der Waals surface area contributed by atoms with Crippen molar-refractivity contribution in [3.05, 3.63) is 12.2 Å². The van der Waals surface area contributed by atoms with E-state index in [2.05, 4.69) is 11.3 Å². The molecule has 0 rings (SSSR count). The van der Waals surface area contributed by atoms with Crippen LogP contribution in [-0.4, -0.2) is 27.9 Å². The van der Waals surface area contributed by atoms with Crippen molar-refractivity contribution in [1.82, 2.24) is 0 Å². The van der Waals surface area contributed by atoms with Crippen LogP contribution in [-0.2, 0) is 14.3 Å². The molecule has 0 aromatic carbocycles. The SMILES string of the molecule is C=C(CC(=O)OC(C)(C)O)C(=O)O. The number of aliphatic hydroxyl groups is 1. The molecule has 0 aromatic heterocycles. The van der Waals surface area contributed by atoms with Crippen molar-refractivity contribution in [1.29, 1.82) is 0 Å². The number of ether oxygens (including phenoxy) is 1. The first-order chi connectivity index (χ1) is 5.72. The van der Waals surface area contributed by atoms with Crippen molar-refractivity contribution in [2.75, 3.05) is 0 Å². The number of carboxylic acids is 1. The quantitative estimate of drug-likeness (QED) is 0.376. The monoisotopic (exact) mass is 188 g/mol. The molecular formula is C8H12O5. The van der Waals surface area contributed by atoms with Crippen LogP contribution in [0.5, 0.6) is 0 Å². The Balaban J connectivity index is 4.04. The first-order valence-electron chi connectivity index (χ1n) is 3.57. The van der Waals surface area contributed by atoms with Gasteiger partial charge in [-0.1, -0.05) is 6.58 Å². The molecular weight excluding hydrogens is 176 g/mol. The first-order valence-corrected chi connectivity index (χ1v) is 3.57. The molecule has 0 amide bonds. The lowest BCUT2D eigenvalue weighted by atomic mass is 10.2. The van der Waals surface area contributed by atoms with E-state index in [1.165, 1.54) is 13.8 Å². The molecule has 0 aliphatic heterocycles. The summed E-state index contributed by atoms with van der Waals surface area (Å²) in [5, 5.41) is 17.4. The molecule has 5 heteroatoms. The molecule has 0 saturated heterocycles. The lowest BCUT2D eigenvalue weighted by molar-refractivity contribution is -0.194. The molecule has 0 aromatic rings. The fraction of sp³-hybridized carbons (Fsp3) is 0.500. The summed E-state index contributed by atoms with van der Waals surface area (Å²) in [4.78, 5) is 21.1. The highest BCUT2D eigenvalue weighted by molar-refractivity contribution is 5.91. The molecule has 0 spiro atoms. The van der Waals surface area contributed by atoms with Gasteiger partial charge in [0, 0.05) is 19.4 Å². The van der Waals surface area contributed by atoms with Gasteiger partial charge < -0.3 is 14.9 Å². The second-order valence-corrected chi connectivity index (χ2v) is 3.01. The van der Waals surface area contributed by atoms with Gasteiger partial charge in [0.1, 0.15) is 0 Å². The van der Waals surface area contributed by atoms with Crippen LogP contribution in [0.2, 0.25) is 0 Å². The van der Waals surface area contributed by atoms with Gasteiger partial charge in [-0.25, -0.2) is 4.79 Å². The standard InChI is InChI=1S/C8H12O5/c1-5(7(10)11)4-6(9)13-8(2,3)12/h12H,1,4H2,2-3H3,(H,10,11). The Hall–Kier alpha value is -1.36. The molecule has 5 nitrogen and oxygen atoms in total. The van der Waals surface area contributed by atoms with Crippen LogP contribution in [0.4, 0.5) is 0 Å². The third-order valence-corrected chi connectivity index (χ3v) is 1.02. The number of rotatable bonds is 4. The van der Waals surface area contributed by atoms with E-state index in [-0.39, 0.29) is 5.57 Å². The van der Waals surface area contributed by atoms with E-state index in [1.807, 2.05) is 0 Å². The van der Waals surface area contributed by atoms with Crippen molar-refractivity contribution in [2.24, 2.45) is 0 Å². The van der Waals surface area contributed by atoms with E-state index < -0.39 is 24.1 Å². The number of carbonyl (C=O) groups is 2. The minimum atomic E-state index is -1.59. The van der Waals surface area contributed by atoms with Gasteiger partial charge in [0.25, 0.3) is 0 Å². The second-order valence-electron chi connectivity index (χ2n) is 3.01. The van der Waals surface area contributed by atoms with Gasteiger partial charge >= 0.3 is 11.9 Å². The second kappa shape index (κ2) is 4.04. The molecule has 0 fully saturated rings. The van der Waals surface area contributed by atoms with Crippen LogP contribution in [0, 0.1) is 0 Å². The lowest BCUT2D eigenvalue weighted by Gasteiger charge is -2.17. The average molecular weight is 188 g/mol. The maximum Gasteiger partial charge on any atom is 0.331 e. The highest BCUT2D eigenvalue weighted by Crippen LogP contribution is 2.08. The zero-order chi connectivity index (χ0) is 10.6. The molecule has 74 valence electrons. The summed E-state index contributed by atoms with van der Waals surface area (Å²) in [5.74, 6) is -3.66. The number of hydrogen-bond acceptors (Lipinski definition) is 4. The molecule has 0 saturated carbocycles. The minimum absolute atomic E-state index is 0.269. The van der Waals surface area contributed by atoms with Crippen molar-refractivity contribution in [3.8, 4) is 0 Å². The summed E-state index contributed by atoms with van der Waals surface area (Å²) in [7, 11) is 0. The Labute approximate surface area is 75.6 Å². The van der Waals surface area contributed by atoms with Gasteiger partial charge in [0.15, 0.2) is 0 Å². The van der Waals surface area contributed by atoms with E-state index >= 15 is 0 Å². The first kappa shape index (κ1) is 11.6.